The Morgan fingerprint density at radius 1 is 0.696 bits per heavy atom. The number of hydrogen-bond donors (Lipinski definition) is 1. The van der Waals surface area contributed by atoms with E-state index in [1.807, 2.05) is 21.5 Å². The second-order valence-corrected chi connectivity index (χ2v) is 5.52. The molecule has 0 fully saturated rings. The van der Waals surface area contributed by atoms with E-state index >= 15 is 0 Å². The first-order valence-corrected chi connectivity index (χ1v) is 7.41. The van der Waals surface area contributed by atoms with Crippen LogP contribution in [0.15, 0.2) is 73.8 Å². The lowest BCUT2D eigenvalue weighted by atomic mass is 10.1. The van der Waals surface area contributed by atoms with Gasteiger partial charge in [0.25, 0.3) is 0 Å². The Morgan fingerprint density at radius 2 is 1.22 bits per heavy atom. The third-order valence-electron chi connectivity index (χ3n) is 4.17. The summed E-state index contributed by atoms with van der Waals surface area (Å²) < 4.78 is 4.00. The van der Waals surface area contributed by atoms with Crippen LogP contribution in [0.2, 0.25) is 0 Å². The first-order valence-electron chi connectivity index (χ1n) is 7.41. The van der Waals surface area contributed by atoms with Crippen LogP contribution in [0.4, 0.5) is 0 Å². The van der Waals surface area contributed by atoms with Gasteiger partial charge in [-0.3, -0.25) is 0 Å². The number of imidazole rings is 2. The highest BCUT2D eigenvalue weighted by molar-refractivity contribution is 6.08. The number of benzene rings is 2. The van der Waals surface area contributed by atoms with E-state index in [0.717, 1.165) is 22.4 Å². The van der Waals surface area contributed by atoms with Crippen molar-refractivity contribution in [1.82, 2.24) is 24.1 Å². The van der Waals surface area contributed by atoms with Crippen molar-refractivity contribution in [3.63, 3.8) is 0 Å². The Labute approximate surface area is 131 Å². The Hall–Kier alpha value is -3.34. The van der Waals surface area contributed by atoms with E-state index in [0.29, 0.717) is 0 Å². The van der Waals surface area contributed by atoms with Crippen LogP contribution in [-0.4, -0.2) is 24.1 Å². The van der Waals surface area contributed by atoms with E-state index in [1.165, 1.54) is 10.8 Å². The van der Waals surface area contributed by atoms with Crippen molar-refractivity contribution in [3.05, 3.63) is 73.8 Å². The van der Waals surface area contributed by atoms with Crippen LogP contribution in [0.5, 0.6) is 0 Å². The SMILES string of the molecule is c1cn(-c2ccc3c(c2)[nH]c2cc(-n4ccnc4)ccc23)cn1. The van der Waals surface area contributed by atoms with Gasteiger partial charge in [-0.15, -0.1) is 0 Å². The fourth-order valence-corrected chi connectivity index (χ4v) is 3.03. The quantitative estimate of drug-likeness (QED) is 0.540. The number of fused-ring (bicyclic) bond motifs is 3. The van der Waals surface area contributed by atoms with Gasteiger partial charge in [-0.2, -0.15) is 0 Å². The van der Waals surface area contributed by atoms with Crippen LogP contribution in [0.1, 0.15) is 0 Å². The molecule has 110 valence electrons. The Bertz CT molecular complexity index is 1010. The number of nitrogens with one attached hydrogen (secondary N) is 1. The lowest BCUT2D eigenvalue weighted by Crippen LogP contribution is -1.88. The van der Waals surface area contributed by atoms with Gasteiger partial charge in [-0.05, 0) is 24.3 Å². The van der Waals surface area contributed by atoms with Crippen LogP contribution in [0, 0.1) is 0 Å². The summed E-state index contributed by atoms with van der Waals surface area (Å²) in [6.45, 7) is 0. The average molecular weight is 299 g/mol. The number of nitrogens with zero attached hydrogens (tertiary/aromatic N) is 4. The molecule has 0 unspecified atom stereocenters. The minimum Gasteiger partial charge on any atom is -0.354 e. The molecular formula is C18H13N5. The van der Waals surface area contributed by atoms with Gasteiger partial charge in [0.15, 0.2) is 0 Å². The molecule has 0 aliphatic heterocycles. The predicted octanol–water partition coefficient (Wildman–Crippen LogP) is 3.69. The summed E-state index contributed by atoms with van der Waals surface area (Å²) in [5, 5.41) is 2.45. The molecule has 0 bridgehead atoms. The molecule has 23 heavy (non-hydrogen) atoms. The van der Waals surface area contributed by atoms with Gasteiger partial charge in [-0.1, -0.05) is 12.1 Å². The predicted molar refractivity (Wildman–Crippen MR) is 90.0 cm³/mol. The molecule has 5 aromatic rings. The topological polar surface area (TPSA) is 51.4 Å². The van der Waals surface area contributed by atoms with Gasteiger partial charge in [0.2, 0.25) is 0 Å². The molecule has 1 N–H and O–H groups in total. The van der Waals surface area contributed by atoms with Crippen molar-refractivity contribution in [2.45, 2.75) is 0 Å². The average Bonchev–Trinajstić information content (AvgIpc) is 3.32. The van der Waals surface area contributed by atoms with Crippen LogP contribution in [-0.2, 0) is 0 Å². The van der Waals surface area contributed by atoms with Crippen molar-refractivity contribution >= 4 is 21.8 Å². The molecule has 3 aromatic heterocycles. The molecule has 2 aromatic carbocycles. The maximum Gasteiger partial charge on any atom is 0.0991 e. The smallest absolute Gasteiger partial charge is 0.0991 e. The molecule has 5 nitrogen and oxygen atoms in total. The van der Waals surface area contributed by atoms with Crippen molar-refractivity contribution in [2.75, 3.05) is 0 Å². The van der Waals surface area contributed by atoms with Crippen LogP contribution < -0.4 is 0 Å². The lowest BCUT2D eigenvalue weighted by Gasteiger charge is -2.02. The standard InChI is InChI=1S/C18H13N5/c1-3-15-16-4-2-14(23-8-6-20-12-23)10-18(16)21-17(15)9-13(1)22-7-5-19-11-22/h1-12,21H. The molecular weight excluding hydrogens is 286 g/mol. The molecule has 3 heterocycles. The molecule has 0 amide bonds. The Balaban J connectivity index is 1.71. The molecule has 0 saturated heterocycles. The third kappa shape index (κ3) is 1.87. The highest BCUT2D eigenvalue weighted by Crippen LogP contribution is 2.28. The highest BCUT2D eigenvalue weighted by Gasteiger charge is 2.07. The normalized spacial score (nSPS) is 11.5. The van der Waals surface area contributed by atoms with Crippen LogP contribution in [0.25, 0.3) is 33.2 Å². The molecule has 5 heteroatoms. The van der Waals surface area contributed by atoms with Crippen LogP contribution in [0.3, 0.4) is 0 Å². The third-order valence-corrected chi connectivity index (χ3v) is 4.17. The second-order valence-electron chi connectivity index (χ2n) is 5.52. The van der Waals surface area contributed by atoms with Gasteiger partial charge in [0.05, 0.1) is 12.7 Å². The van der Waals surface area contributed by atoms with Crippen molar-refractivity contribution in [2.24, 2.45) is 0 Å². The van der Waals surface area contributed by atoms with Gasteiger partial charge in [0, 0.05) is 58.0 Å². The zero-order valence-electron chi connectivity index (χ0n) is 12.2. The number of H-pyrrole nitrogens is 1. The monoisotopic (exact) mass is 299 g/mol. The molecule has 5 rings (SSSR count). The maximum atomic E-state index is 4.11. The van der Waals surface area contributed by atoms with E-state index in [2.05, 4.69) is 51.4 Å². The summed E-state index contributed by atoms with van der Waals surface area (Å²) in [4.78, 5) is 11.7. The summed E-state index contributed by atoms with van der Waals surface area (Å²) in [5.74, 6) is 0. The minimum atomic E-state index is 1.09. The summed E-state index contributed by atoms with van der Waals surface area (Å²) in [6.07, 6.45) is 11.1. The van der Waals surface area contributed by atoms with Gasteiger partial charge in [-0.25, -0.2) is 9.97 Å². The zero-order chi connectivity index (χ0) is 15.2. The largest absolute Gasteiger partial charge is 0.354 e. The van der Waals surface area contributed by atoms with Gasteiger partial charge < -0.3 is 14.1 Å². The maximum absolute atomic E-state index is 4.11. The Kier molecular flexibility index (Phi) is 2.43. The molecule has 0 saturated carbocycles. The van der Waals surface area contributed by atoms with Gasteiger partial charge >= 0.3 is 0 Å². The number of hydrogen-bond acceptors (Lipinski definition) is 2. The van der Waals surface area contributed by atoms with Crippen LogP contribution >= 0.6 is 0 Å². The Morgan fingerprint density at radius 3 is 1.65 bits per heavy atom. The first kappa shape index (κ1) is 12.2. The number of rotatable bonds is 2. The zero-order valence-corrected chi connectivity index (χ0v) is 12.2. The van der Waals surface area contributed by atoms with E-state index < -0.39 is 0 Å². The summed E-state index contributed by atoms with van der Waals surface area (Å²) >= 11 is 0. The molecule has 0 atom stereocenters. The van der Waals surface area contributed by atoms with E-state index in [1.54, 1.807) is 25.0 Å². The minimum absolute atomic E-state index is 1.09. The van der Waals surface area contributed by atoms with Gasteiger partial charge in [0.1, 0.15) is 0 Å². The van der Waals surface area contributed by atoms with E-state index in [9.17, 15) is 0 Å². The van der Waals surface area contributed by atoms with Crippen molar-refractivity contribution < 1.29 is 0 Å². The lowest BCUT2D eigenvalue weighted by molar-refractivity contribution is 1.06. The number of aromatic amines is 1. The highest BCUT2D eigenvalue weighted by atomic mass is 15.0. The fourth-order valence-electron chi connectivity index (χ4n) is 3.03. The van der Waals surface area contributed by atoms with Crippen molar-refractivity contribution in [1.29, 1.82) is 0 Å². The molecule has 0 aliphatic carbocycles. The summed E-state index contributed by atoms with van der Waals surface area (Å²) in [7, 11) is 0. The molecule has 0 radical (unpaired) electrons. The molecule has 0 aliphatic rings. The number of aromatic nitrogens is 5. The second kappa shape index (κ2) is 4.58. The van der Waals surface area contributed by atoms with E-state index in [-0.39, 0.29) is 0 Å². The molecule has 0 spiro atoms. The summed E-state index contributed by atoms with van der Waals surface area (Å²) in [6, 6.07) is 12.8. The first-order chi connectivity index (χ1) is 11.4. The van der Waals surface area contributed by atoms with E-state index in [4.69, 9.17) is 0 Å². The summed E-state index contributed by atoms with van der Waals surface area (Å²) in [5.41, 5.74) is 4.43. The van der Waals surface area contributed by atoms with Crippen molar-refractivity contribution in [3.8, 4) is 11.4 Å². The fraction of sp³-hybridized carbons (Fsp3) is 0.